The molecule has 0 saturated carbocycles. The summed E-state index contributed by atoms with van der Waals surface area (Å²) in [6, 6.07) is 5.67. The molecule has 0 bridgehead atoms. The van der Waals surface area contributed by atoms with Crippen molar-refractivity contribution in [1.29, 1.82) is 0 Å². The van der Waals surface area contributed by atoms with Crippen molar-refractivity contribution in [2.75, 3.05) is 35.8 Å². The van der Waals surface area contributed by atoms with E-state index in [0.29, 0.717) is 30.7 Å². The summed E-state index contributed by atoms with van der Waals surface area (Å²) in [5, 5.41) is 0.840. The van der Waals surface area contributed by atoms with Gasteiger partial charge in [0, 0.05) is 30.3 Å². The Morgan fingerprint density at radius 1 is 1.26 bits per heavy atom. The molecule has 1 amide bonds. The van der Waals surface area contributed by atoms with E-state index in [1.807, 2.05) is 37.6 Å². The number of amides is 1. The van der Waals surface area contributed by atoms with Crippen LogP contribution in [0.4, 0.5) is 22.2 Å². The maximum atomic E-state index is 12.3. The van der Waals surface area contributed by atoms with E-state index in [9.17, 15) is 4.79 Å². The first-order valence-electron chi connectivity index (χ1n) is 11.6. The highest BCUT2D eigenvalue weighted by atomic mass is 32.2. The molecule has 2 aromatic heterocycles. The predicted molar refractivity (Wildman–Crippen MR) is 139 cm³/mol. The lowest BCUT2D eigenvalue weighted by Gasteiger charge is -2.39. The molecule has 10 heteroatoms. The maximum absolute atomic E-state index is 12.3. The van der Waals surface area contributed by atoms with Gasteiger partial charge in [-0.2, -0.15) is 0 Å². The van der Waals surface area contributed by atoms with Gasteiger partial charge in [0.1, 0.15) is 24.1 Å². The molecule has 1 fully saturated rings. The van der Waals surface area contributed by atoms with Gasteiger partial charge in [0.2, 0.25) is 0 Å². The van der Waals surface area contributed by atoms with Crippen LogP contribution in [0, 0.1) is 0 Å². The van der Waals surface area contributed by atoms with Crippen molar-refractivity contribution < 1.29 is 14.0 Å². The molecule has 0 aromatic carbocycles. The average Bonchev–Trinajstić information content (AvgIpc) is 3.28. The van der Waals surface area contributed by atoms with Gasteiger partial charge < -0.3 is 14.1 Å². The standard InChI is InChI=1S/C24H35N5O3SSi/c1-16-13-31-22(30)29(16)19-11-9-10-18(26-19)28-14-24(5,15-32-34(7,8)23(2,3)4)17-12-25-21(33-6)27-20(17)28/h9-12,16H,13-15H2,1-8H3/t16-,24?/m0/s1. The Hall–Kier alpha value is -2.17. The fourth-order valence-corrected chi connectivity index (χ4v) is 5.45. The zero-order chi connectivity index (χ0) is 24.9. The number of pyridine rings is 1. The first-order chi connectivity index (χ1) is 15.9. The van der Waals surface area contributed by atoms with Crippen molar-refractivity contribution >= 4 is 43.6 Å². The van der Waals surface area contributed by atoms with Crippen LogP contribution in [-0.2, 0) is 14.6 Å². The molecule has 2 aliphatic rings. The number of nitrogens with zero attached hydrogens (tertiary/aromatic N) is 5. The highest BCUT2D eigenvalue weighted by Crippen LogP contribution is 2.45. The number of carbonyl (C=O) groups excluding carboxylic acids is 1. The molecule has 4 rings (SSSR count). The smallest absolute Gasteiger partial charge is 0.415 e. The SMILES string of the molecule is CSc1ncc2c(n1)N(c1cccc(N3C(=O)OC[C@@H]3C)n1)CC2(C)CO[Si](C)(C)C(C)(C)C. The molecule has 0 radical (unpaired) electrons. The van der Waals surface area contributed by atoms with E-state index in [2.05, 4.69) is 50.7 Å². The Bertz CT molecular complexity index is 1090. The summed E-state index contributed by atoms with van der Waals surface area (Å²) < 4.78 is 11.9. The third-order valence-electron chi connectivity index (χ3n) is 7.23. The Morgan fingerprint density at radius 2 is 1.97 bits per heavy atom. The number of fused-ring (bicyclic) bond motifs is 1. The van der Waals surface area contributed by atoms with Crippen LogP contribution in [0.15, 0.2) is 29.6 Å². The number of hydrogen-bond acceptors (Lipinski definition) is 8. The second-order valence-corrected chi connectivity index (χ2v) is 16.5. The van der Waals surface area contributed by atoms with Crippen molar-refractivity contribution in [2.24, 2.45) is 0 Å². The normalized spacial score (nSPS) is 22.8. The first-order valence-corrected chi connectivity index (χ1v) is 15.8. The molecular weight excluding hydrogens is 466 g/mol. The molecular formula is C24H35N5O3SSi. The van der Waals surface area contributed by atoms with E-state index in [0.717, 1.165) is 17.2 Å². The molecule has 4 heterocycles. The fourth-order valence-electron chi connectivity index (χ4n) is 4.00. The summed E-state index contributed by atoms with van der Waals surface area (Å²) in [4.78, 5) is 30.3. The Kier molecular flexibility index (Phi) is 6.45. The Balaban J connectivity index is 1.70. The van der Waals surface area contributed by atoms with Crippen LogP contribution in [0.5, 0.6) is 0 Å². The largest absolute Gasteiger partial charge is 0.447 e. The molecule has 1 saturated heterocycles. The van der Waals surface area contributed by atoms with Gasteiger partial charge in [-0.15, -0.1) is 0 Å². The lowest BCUT2D eigenvalue weighted by molar-refractivity contribution is 0.179. The molecule has 8 nitrogen and oxygen atoms in total. The van der Waals surface area contributed by atoms with Gasteiger partial charge in [-0.05, 0) is 43.4 Å². The third kappa shape index (κ3) is 4.43. The molecule has 0 aliphatic carbocycles. The summed E-state index contributed by atoms with van der Waals surface area (Å²) in [6.45, 7) is 17.1. The molecule has 184 valence electrons. The van der Waals surface area contributed by atoms with Crippen LogP contribution in [0.1, 0.15) is 40.2 Å². The zero-order valence-corrected chi connectivity index (χ0v) is 23.2. The predicted octanol–water partition coefficient (Wildman–Crippen LogP) is 5.37. The number of aromatic nitrogens is 3. The fraction of sp³-hybridized carbons (Fsp3) is 0.583. The van der Waals surface area contributed by atoms with Crippen molar-refractivity contribution in [2.45, 2.75) is 69.4 Å². The second-order valence-electron chi connectivity index (χ2n) is 10.9. The quantitative estimate of drug-likeness (QED) is 0.297. The minimum atomic E-state index is -1.94. The van der Waals surface area contributed by atoms with Gasteiger partial charge in [-0.1, -0.05) is 45.5 Å². The van der Waals surface area contributed by atoms with Gasteiger partial charge in [0.15, 0.2) is 13.5 Å². The van der Waals surface area contributed by atoms with E-state index < -0.39 is 8.32 Å². The summed E-state index contributed by atoms with van der Waals surface area (Å²) in [7, 11) is -1.94. The van der Waals surface area contributed by atoms with Gasteiger partial charge in [-0.25, -0.2) is 19.7 Å². The number of cyclic esters (lactones) is 1. The Morgan fingerprint density at radius 3 is 2.59 bits per heavy atom. The summed E-state index contributed by atoms with van der Waals surface area (Å²) in [5.74, 6) is 2.18. The number of anilines is 3. The Labute approximate surface area is 207 Å². The zero-order valence-electron chi connectivity index (χ0n) is 21.4. The van der Waals surface area contributed by atoms with Crippen molar-refractivity contribution in [3.05, 3.63) is 30.0 Å². The van der Waals surface area contributed by atoms with Crippen LogP contribution >= 0.6 is 11.8 Å². The third-order valence-corrected chi connectivity index (χ3v) is 12.3. The second kappa shape index (κ2) is 8.80. The minimum Gasteiger partial charge on any atom is -0.447 e. The van der Waals surface area contributed by atoms with Crippen LogP contribution in [0.3, 0.4) is 0 Å². The average molecular weight is 502 g/mol. The van der Waals surface area contributed by atoms with E-state index in [1.54, 1.807) is 4.90 Å². The van der Waals surface area contributed by atoms with Crippen molar-refractivity contribution in [1.82, 2.24) is 15.0 Å². The van der Waals surface area contributed by atoms with Gasteiger partial charge in [-0.3, -0.25) is 4.90 Å². The molecule has 2 atom stereocenters. The first kappa shape index (κ1) is 24.9. The molecule has 2 aromatic rings. The molecule has 0 N–H and O–H groups in total. The van der Waals surface area contributed by atoms with Gasteiger partial charge in [0.05, 0.1) is 6.04 Å². The van der Waals surface area contributed by atoms with E-state index in [4.69, 9.17) is 19.1 Å². The summed E-state index contributed by atoms with van der Waals surface area (Å²) in [5.41, 5.74) is 0.768. The molecule has 2 aliphatic heterocycles. The number of rotatable bonds is 6. The highest BCUT2D eigenvalue weighted by molar-refractivity contribution is 7.98. The number of carbonyl (C=O) groups is 1. The number of thioether (sulfide) groups is 1. The van der Waals surface area contributed by atoms with Crippen molar-refractivity contribution in [3.8, 4) is 0 Å². The van der Waals surface area contributed by atoms with E-state index in [-0.39, 0.29) is 22.6 Å². The van der Waals surface area contributed by atoms with Crippen molar-refractivity contribution in [3.63, 3.8) is 0 Å². The number of hydrogen-bond donors (Lipinski definition) is 0. The monoisotopic (exact) mass is 501 g/mol. The van der Waals surface area contributed by atoms with Gasteiger partial charge in [0.25, 0.3) is 0 Å². The molecule has 34 heavy (non-hydrogen) atoms. The summed E-state index contributed by atoms with van der Waals surface area (Å²) >= 11 is 1.51. The van der Waals surface area contributed by atoms with Gasteiger partial charge >= 0.3 is 6.09 Å². The van der Waals surface area contributed by atoms with Crippen LogP contribution in [-0.4, -0.2) is 61.4 Å². The van der Waals surface area contributed by atoms with Crippen LogP contribution in [0.2, 0.25) is 18.1 Å². The lowest BCUT2D eigenvalue weighted by Crippen LogP contribution is -2.45. The maximum Gasteiger partial charge on any atom is 0.415 e. The van der Waals surface area contributed by atoms with Crippen LogP contribution in [0.25, 0.3) is 0 Å². The van der Waals surface area contributed by atoms with E-state index in [1.165, 1.54) is 11.8 Å². The van der Waals surface area contributed by atoms with Crippen LogP contribution < -0.4 is 9.80 Å². The minimum absolute atomic E-state index is 0.0604. The summed E-state index contributed by atoms with van der Waals surface area (Å²) in [6.07, 6.45) is 3.55. The topological polar surface area (TPSA) is 80.7 Å². The molecule has 1 unspecified atom stereocenters. The lowest BCUT2D eigenvalue weighted by atomic mass is 9.87. The number of ether oxygens (including phenoxy) is 1. The molecule has 0 spiro atoms. The van der Waals surface area contributed by atoms with E-state index >= 15 is 0 Å². The highest BCUT2D eigenvalue weighted by Gasteiger charge is 2.45.